The van der Waals surface area contributed by atoms with E-state index in [9.17, 15) is 14.4 Å². The van der Waals surface area contributed by atoms with Crippen LogP contribution in [0.1, 0.15) is 60.8 Å². The first-order valence-corrected chi connectivity index (χ1v) is 9.07. The van der Waals surface area contributed by atoms with Gasteiger partial charge in [0, 0.05) is 6.54 Å². The van der Waals surface area contributed by atoms with Crippen LogP contribution in [0.5, 0.6) is 0 Å². The summed E-state index contributed by atoms with van der Waals surface area (Å²) in [7, 11) is 0. The van der Waals surface area contributed by atoms with Crippen molar-refractivity contribution in [1.29, 1.82) is 0 Å². The third-order valence-corrected chi connectivity index (χ3v) is 4.23. The van der Waals surface area contributed by atoms with Gasteiger partial charge in [0.25, 0.3) is 0 Å². The number of rotatable bonds is 6. The normalized spacial score (nSPS) is 19.9. The van der Waals surface area contributed by atoms with Crippen LogP contribution >= 0.6 is 0 Å². The Kier molecular flexibility index (Phi) is 7.70. The van der Waals surface area contributed by atoms with E-state index < -0.39 is 29.7 Å². The molecule has 0 aromatic rings. The van der Waals surface area contributed by atoms with Gasteiger partial charge in [0.2, 0.25) is 5.91 Å². The average molecular weight is 356 g/mol. The molecule has 1 aliphatic heterocycles. The summed E-state index contributed by atoms with van der Waals surface area (Å²) in [6.45, 7) is 11.7. The van der Waals surface area contributed by atoms with Crippen LogP contribution < -0.4 is 5.32 Å². The molecule has 3 atom stereocenters. The molecule has 25 heavy (non-hydrogen) atoms. The van der Waals surface area contributed by atoms with Gasteiger partial charge in [-0.2, -0.15) is 0 Å². The fourth-order valence-electron chi connectivity index (χ4n) is 2.73. The van der Waals surface area contributed by atoms with Crippen LogP contribution in [0.15, 0.2) is 0 Å². The van der Waals surface area contributed by atoms with Crippen molar-refractivity contribution in [1.82, 2.24) is 10.2 Å². The van der Waals surface area contributed by atoms with Gasteiger partial charge in [-0.15, -0.1) is 0 Å². The molecular weight excluding hydrogens is 324 g/mol. The SMILES string of the molecule is CCOC(=O)[C@@H](NC(=O)[C@@H]1CCCN1C(=O)OC(C)(C)C)[C@@H](C)CC. The monoisotopic (exact) mass is 356 g/mol. The maximum Gasteiger partial charge on any atom is 0.410 e. The van der Waals surface area contributed by atoms with Crippen molar-refractivity contribution >= 4 is 18.0 Å². The molecule has 0 spiro atoms. The lowest BCUT2D eigenvalue weighted by Crippen LogP contribution is -2.53. The summed E-state index contributed by atoms with van der Waals surface area (Å²) in [5.41, 5.74) is -0.620. The number of hydrogen-bond donors (Lipinski definition) is 1. The third-order valence-electron chi connectivity index (χ3n) is 4.23. The van der Waals surface area contributed by atoms with Gasteiger partial charge in [-0.1, -0.05) is 20.3 Å². The van der Waals surface area contributed by atoms with E-state index in [2.05, 4.69) is 5.32 Å². The smallest absolute Gasteiger partial charge is 0.410 e. The van der Waals surface area contributed by atoms with Crippen molar-refractivity contribution in [2.45, 2.75) is 78.5 Å². The molecule has 0 radical (unpaired) electrons. The molecule has 1 N–H and O–H groups in total. The Morgan fingerprint density at radius 2 is 1.88 bits per heavy atom. The van der Waals surface area contributed by atoms with E-state index in [-0.39, 0.29) is 18.4 Å². The maximum atomic E-state index is 12.7. The number of esters is 1. The second-order valence-electron chi connectivity index (χ2n) is 7.46. The summed E-state index contributed by atoms with van der Waals surface area (Å²) >= 11 is 0. The van der Waals surface area contributed by atoms with E-state index in [1.165, 1.54) is 4.90 Å². The summed E-state index contributed by atoms with van der Waals surface area (Å²) in [5.74, 6) is -0.826. The van der Waals surface area contributed by atoms with E-state index in [4.69, 9.17) is 9.47 Å². The quantitative estimate of drug-likeness (QED) is 0.739. The highest BCUT2D eigenvalue weighted by molar-refractivity contribution is 5.90. The number of likely N-dealkylation sites (tertiary alicyclic amines) is 1. The van der Waals surface area contributed by atoms with Crippen LogP contribution in [0, 0.1) is 5.92 Å². The first-order chi connectivity index (χ1) is 11.6. The van der Waals surface area contributed by atoms with Crippen molar-refractivity contribution in [3.63, 3.8) is 0 Å². The Hall–Kier alpha value is -1.79. The van der Waals surface area contributed by atoms with Gasteiger partial charge in [0.05, 0.1) is 6.61 Å². The number of ether oxygens (including phenoxy) is 2. The van der Waals surface area contributed by atoms with Crippen LogP contribution in [0.2, 0.25) is 0 Å². The summed E-state index contributed by atoms with van der Waals surface area (Å²) < 4.78 is 10.4. The van der Waals surface area contributed by atoms with E-state index in [0.717, 1.165) is 12.8 Å². The van der Waals surface area contributed by atoms with Crippen molar-refractivity contribution in [3.8, 4) is 0 Å². The highest BCUT2D eigenvalue weighted by Gasteiger charge is 2.38. The van der Waals surface area contributed by atoms with Crippen molar-refractivity contribution < 1.29 is 23.9 Å². The summed E-state index contributed by atoms with van der Waals surface area (Å²) in [6, 6.07) is -1.32. The van der Waals surface area contributed by atoms with Crippen LogP contribution in [0.3, 0.4) is 0 Å². The van der Waals surface area contributed by atoms with Crippen LogP contribution in [-0.4, -0.2) is 53.7 Å². The van der Waals surface area contributed by atoms with Gasteiger partial charge in [0.1, 0.15) is 17.7 Å². The topological polar surface area (TPSA) is 84.9 Å². The highest BCUT2D eigenvalue weighted by atomic mass is 16.6. The summed E-state index contributed by atoms with van der Waals surface area (Å²) in [5, 5.41) is 2.78. The molecule has 0 aromatic heterocycles. The Bertz CT molecular complexity index is 486. The van der Waals surface area contributed by atoms with Gasteiger partial charge in [-0.05, 0) is 46.5 Å². The minimum absolute atomic E-state index is 0.0561. The highest BCUT2D eigenvalue weighted by Crippen LogP contribution is 2.21. The van der Waals surface area contributed by atoms with E-state index in [1.807, 2.05) is 13.8 Å². The second-order valence-corrected chi connectivity index (χ2v) is 7.46. The summed E-state index contributed by atoms with van der Waals surface area (Å²) in [6.07, 6.45) is 1.51. The summed E-state index contributed by atoms with van der Waals surface area (Å²) in [4.78, 5) is 38.6. The van der Waals surface area contributed by atoms with E-state index in [0.29, 0.717) is 13.0 Å². The Labute approximate surface area is 150 Å². The van der Waals surface area contributed by atoms with Crippen molar-refractivity contribution in [2.24, 2.45) is 5.92 Å². The molecule has 1 rings (SSSR count). The number of nitrogens with one attached hydrogen (secondary N) is 1. The zero-order valence-electron chi connectivity index (χ0n) is 16.3. The molecule has 0 saturated carbocycles. The van der Waals surface area contributed by atoms with Gasteiger partial charge in [-0.3, -0.25) is 9.69 Å². The number of carbonyl (C=O) groups is 3. The lowest BCUT2D eigenvalue weighted by atomic mass is 9.98. The minimum atomic E-state index is -0.710. The Morgan fingerprint density at radius 3 is 2.40 bits per heavy atom. The fraction of sp³-hybridized carbons (Fsp3) is 0.833. The molecule has 0 aliphatic carbocycles. The predicted octanol–water partition coefficient (Wildman–Crippen LogP) is 2.48. The third kappa shape index (κ3) is 6.21. The fourth-order valence-corrected chi connectivity index (χ4v) is 2.73. The number of nitrogens with zero attached hydrogens (tertiary/aromatic N) is 1. The first-order valence-electron chi connectivity index (χ1n) is 9.07. The van der Waals surface area contributed by atoms with Gasteiger partial charge in [0.15, 0.2) is 0 Å². The van der Waals surface area contributed by atoms with Gasteiger partial charge >= 0.3 is 12.1 Å². The predicted molar refractivity (Wildman–Crippen MR) is 94.0 cm³/mol. The first kappa shape index (κ1) is 21.3. The van der Waals surface area contributed by atoms with Gasteiger partial charge < -0.3 is 14.8 Å². The van der Waals surface area contributed by atoms with Crippen molar-refractivity contribution in [2.75, 3.05) is 13.2 Å². The number of amides is 2. The number of carbonyl (C=O) groups excluding carboxylic acids is 3. The largest absolute Gasteiger partial charge is 0.464 e. The molecule has 1 fully saturated rings. The minimum Gasteiger partial charge on any atom is -0.464 e. The maximum absolute atomic E-state index is 12.7. The molecule has 7 heteroatoms. The standard InChI is InChI=1S/C18H32N2O5/c1-7-12(3)14(16(22)24-8-2)19-15(21)13-10-9-11-20(13)17(23)25-18(4,5)6/h12-14H,7-11H2,1-6H3,(H,19,21)/t12-,13-,14-/m0/s1. The lowest BCUT2D eigenvalue weighted by Gasteiger charge is -2.29. The van der Waals surface area contributed by atoms with Crippen molar-refractivity contribution in [3.05, 3.63) is 0 Å². The zero-order valence-corrected chi connectivity index (χ0v) is 16.3. The van der Waals surface area contributed by atoms with E-state index >= 15 is 0 Å². The molecule has 1 heterocycles. The molecule has 1 saturated heterocycles. The molecule has 2 amide bonds. The molecule has 7 nitrogen and oxygen atoms in total. The molecular formula is C18H32N2O5. The second kappa shape index (κ2) is 9.06. The van der Waals surface area contributed by atoms with E-state index in [1.54, 1.807) is 27.7 Å². The Balaban J connectivity index is 2.81. The Morgan fingerprint density at radius 1 is 1.24 bits per heavy atom. The molecule has 0 aromatic carbocycles. The zero-order chi connectivity index (χ0) is 19.2. The van der Waals surface area contributed by atoms with Crippen LogP contribution in [-0.2, 0) is 19.1 Å². The average Bonchev–Trinajstić information content (AvgIpc) is 3.00. The molecule has 0 bridgehead atoms. The molecule has 0 unspecified atom stereocenters. The van der Waals surface area contributed by atoms with Gasteiger partial charge in [-0.25, -0.2) is 9.59 Å². The number of hydrogen-bond acceptors (Lipinski definition) is 5. The lowest BCUT2D eigenvalue weighted by molar-refractivity contribution is -0.149. The molecule has 144 valence electrons. The van der Waals surface area contributed by atoms with Crippen LogP contribution in [0.25, 0.3) is 0 Å². The molecule has 1 aliphatic rings. The van der Waals surface area contributed by atoms with Crippen LogP contribution in [0.4, 0.5) is 4.79 Å².